The summed E-state index contributed by atoms with van der Waals surface area (Å²) in [5.74, 6) is 0. The van der Waals surface area contributed by atoms with E-state index in [2.05, 4.69) is 34.1 Å². The van der Waals surface area contributed by atoms with Crippen molar-refractivity contribution < 1.29 is 0 Å². The maximum absolute atomic E-state index is 6.09. The van der Waals surface area contributed by atoms with Gasteiger partial charge >= 0.3 is 0 Å². The van der Waals surface area contributed by atoms with Crippen molar-refractivity contribution in [2.24, 2.45) is 5.73 Å². The zero-order chi connectivity index (χ0) is 13.8. The van der Waals surface area contributed by atoms with E-state index in [9.17, 15) is 0 Å². The zero-order valence-corrected chi connectivity index (χ0v) is 13.7. The average Bonchev–Trinajstić information content (AvgIpc) is 2.35. The predicted octanol–water partition coefficient (Wildman–Crippen LogP) is 5.14. The molecule has 1 unspecified atom stereocenters. The largest absolute Gasteiger partial charge is 0.328 e. The highest BCUT2D eigenvalue weighted by atomic mass is 79.9. The Kier molecular flexibility index (Phi) is 5.34. The molecule has 4 heteroatoms. The third-order valence-electron chi connectivity index (χ3n) is 2.61. The van der Waals surface area contributed by atoms with E-state index < -0.39 is 0 Å². The highest BCUT2D eigenvalue weighted by Gasteiger charge is 2.08. The van der Waals surface area contributed by atoms with Crippen molar-refractivity contribution >= 4 is 39.3 Å². The monoisotopic (exact) mass is 355 g/mol. The normalized spacial score (nSPS) is 12.4. The molecule has 100 valence electrons. The molecule has 0 aliphatic carbocycles. The molecule has 2 aromatic carbocycles. The lowest BCUT2D eigenvalue weighted by molar-refractivity contribution is 0.729. The van der Waals surface area contributed by atoms with Crippen LogP contribution in [0.4, 0.5) is 0 Å². The van der Waals surface area contributed by atoms with E-state index in [1.165, 1.54) is 15.4 Å². The third-order valence-corrected chi connectivity index (χ3v) is 4.48. The van der Waals surface area contributed by atoms with E-state index in [4.69, 9.17) is 17.3 Å². The van der Waals surface area contributed by atoms with Crippen LogP contribution >= 0.6 is 39.3 Å². The first-order chi connectivity index (χ1) is 9.04. The predicted molar refractivity (Wildman–Crippen MR) is 87.1 cm³/mol. The summed E-state index contributed by atoms with van der Waals surface area (Å²) < 4.78 is 1.08. The van der Waals surface area contributed by atoms with Crippen LogP contribution in [0.3, 0.4) is 0 Å². The molecule has 1 atom stereocenters. The van der Waals surface area contributed by atoms with E-state index in [1.54, 1.807) is 11.8 Å². The van der Waals surface area contributed by atoms with Crippen LogP contribution < -0.4 is 5.73 Å². The van der Waals surface area contributed by atoms with Crippen LogP contribution in [0.1, 0.15) is 12.5 Å². The standard InChI is InChI=1S/C15H15BrClNS/c1-10(18)8-11-2-5-13(17)9-15(11)19-14-6-3-12(16)4-7-14/h2-7,9-10H,8,18H2,1H3. The number of halogens is 2. The van der Waals surface area contributed by atoms with Crippen molar-refractivity contribution in [2.75, 3.05) is 0 Å². The molecular formula is C15H15BrClNS. The average molecular weight is 357 g/mol. The van der Waals surface area contributed by atoms with E-state index >= 15 is 0 Å². The topological polar surface area (TPSA) is 26.0 Å². The molecule has 0 amide bonds. The molecule has 2 N–H and O–H groups in total. The fourth-order valence-electron chi connectivity index (χ4n) is 1.77. The molecule has 2 rings (SSSR count). The Morgan fingerprint density at radius 2 is 1.89 bits per heavy atom. The van der Waals surface area contributed by atoms with E-state index in [0.29, 0.717) is 0 Å². The van der Waals surface area contributed by atoms with Gasteiger partial charge in [0, 0.05) is 25.3 Å². The molecule has 0 saturated heterocycles. The first-order valence-electron chi connectivity index (χ1n) is 6.02. The molecule has 1 nitrogen and oxygen atoms in total. The van der Waals surface area contributed by atoms with Crippen molar-refractivity contribution in [3.8, 4) is 0 Å². The van der Waals surface area contributed by atoms with Crippen molar-refractivity contribution in [3.05, 3.63) is 57.5 Å². The molecule has 0 aromatic heterocycles. The second-order valence-corrected chi connectivity index (χ2v) is 6.96. The number of rotatable bonds is 4. The molecular weight excluding hydrogens is 342 g/mol. The van der Waals surface area contributed by atoms with Gasteiger partial charge in [0.15, 0.2) is 0 Å². The minimum Gasteiger partial charge on any atom is -0.328 e. The molecule has 2 aromatic rings. The Hall–Kier alpha value is -0.480. The van der Waals surface area contributed by atoms with Crippen LogP contribution in [0.15, 0.2) is 56.7 Å². The Morgan fingerprint density at radius 1 is 1.21 bits per heavy atom. The summed E-state index contributed by atoms with van der Waals surface area (Å²) in [5, 5.41) is 0.757. The van der Waals surface area contributed by atoms with Gasteiger partial charge in [0.25, 0.3) is 0 Å². The van der Waals surface area contributed by atoms with Gasteiger partial charge in [0.2, 0.25) is 0 Å². The van der Waals surface area contributed by atoms with Crippen molar-refractivity contribution in [1.29, 1.82) is 0 Å². The van der Waals surface area contributed by atoms with E-state index in [-0.39, 0.29) is 6.04 Å². The quantitative estimate of drug-likeness (QED) is 0.820. The van der Waals surface area contributed by atoms with Crippen molar-refractivity contribution in [1.82, 2.24) is 0 Å². The summed E-state index contributed by atoms with van der Waals surface area (Å²) >= 11 is 11.3. The summed E-state index contributed by atoms with van der Waals surface area (Å²) in [6.07, 6.45) is 0.857. The Morgan fingerprint density at radius 3 is 2.53 bits per heavy atom. The first-order valence-corrected chi connectivity index (χ1v) is 8.01. The first kappa shape index (κ1) is 14.9. The fourth-order valence-corrected chi connectivity index (χ4v) is 3.26. The summed E-state index contributed by atoms with van der Waals surface area (Å²) in [6, 6.07) is 14.4. The van der Waals surface area contributed by atoms with E-state index in [0.717, 1.165) is 15.9 Å². The molecule has 0 heterocycles. The summed E-state index contributed by atoms with van der Waals surface area (Å²) in [7, 11) is 0. The lowest BCUT2D eigenvalue weighted by atomic mass is 10.1. The highest BCUT2D eigenvalue weighted by Crippen LogP contribution is 2.33. The van der Waals surface area contributed by atoms with Crippen LogP contribution in [0.25, 0.3) is 0 Å². The SMILES string of the molecule is CC(N)Cc1ccc(Cl)cc1Sc1ccc(Br)cc1. The van der Waals surface area contributed by atoms with Gasteiger partial charge in [0.05, 0.1) is 0 Å². The second kappa shape index (κ2) is 6.80. The van der Waals surface area contributed by atoms with Gasteiger partial charge in [-0.1, -0.05) is 45.4 Å². The fraction of sp³-hybridized carbons (Fsp3) is 0.200. The molecule has 0 aliphatic rings. The Bertz CT molecular complexity index is 555. The van der Waals surface area contributed by atoms with Crippen molar-refractivity contribution in [3.63, 3.8) is 0 Å². The van der Waals surface area contributed by atoms with Gasteiger partial charge in [-0.3, -0.25) is 0 Å². The van der Waals surface area contributed by atoms with Gasteiger partial charge < -0.3 is 5.73 Å². The van der Waals surface area contributed by atoms with Gasteiger partial charge in [-0.25, -0.2) is 0 Å². The lowest BCUT2D eigenvalue weighted by Crippen LogP contribution is -2.18. The Labute approximate surface area is 131 Å². The van der Waals surface area contributed by atoms with Crippen LogP contribution in [-0.4, -0.2) is 6.04 Å². The molecule has 0 spiro atoms. The number of benzene rings is 2. The lowest BCUT2D eigenvalue weighted by Gasteiger charge is -2.12. The van der Waals surface area contributed by atoms with Gasteiger partial charge in [-0.2, -0.15) is 0 Å². The van der Waals surface area contributed by atoms with Crippen LogP contribution in [-0.2, 0) is 6.42 Å². The summed E-state index contributed by atoms with van der Waals surface area (Å²) in [5.41, 5.74) is 7.14. The maximum Gasteiger partial charge on any atom is 0.0417 e. The Balaban J connectivity index is 2.27. The molecule has 0 radical (unpaired) electrons. The van der Waals surface area contributed by atoms with Crippen LogP contribution in [0.5, 0.6) is 0 Å². The smallest absolute Gasteiger partial charge is 0.0417 e. The maximum atomic E-state index is 6.09. The molecule has 0 saturated carbocycles. The van der Waals surface area contributed by atoms with Crippen molar-refractivity contribution in [2.45, 2.75) is 29.2 Å². The molecule has 0 aliphatic heterocycles. The molecule has 0 bridgehead atoms. The van der Waals surface area contributed by atoms with Gasteiger partial charge in [-0.05, 0) is 55.3 Å². The van der Waals surface area contributed by atoms with E-state index in [1.807, 2.05) is 31.2 Å². The van der Waals surface area contributed by atoms with Gasteiger partial charge in [0.1, 0.15) is 0 Å². The number of hydrogen-bond acceptors (Lipinski definition) is 2. The summed E-state index contributed by atoms with van der Waals surface area (Å²) in [4.78, 5) is 2.36. The minimum absolute atomic E-state index is 0.144. The molecule has 0 fully saturated rings. The van der Waals surface area contributed by atoms with Crippen LogP contribution in [0.2, 0.25) is 5.02 Å². The second-order valence-electron chi connectivity index (χ2n) is 4.49. The van der Waals surface area contributed by atoms with Gasteiger partial charge in [-0.15, -0.1) is 0 Å². The minimum atomic E-state index is 0.144. The third kappa shape index (κ3) is 4.53. The van der Waals surface area contributed by atoms with Crippen LogP contribution in [0, 0.1) is 0 Å². The zero-order valence-electron chi connectivity index (χ0n) is 10.6. The summed E-state index contributed by atoms with van der Waals surface area (Å²) in [6.45, 7) is 2.02. The molecule has 19 heavy (non-hydrogen) atoms. The highest BCUT2D eigenvalue weighted by molar-refractivity contribution is 9.10. The number of nitrogens with two attached hydrogens (primary N) is 1. The number of hydrogen-bond donors (Lipinski definition) is 1.